The van der Waals surface area contributed by atoms with Crippen molar-refractivity contribution in [2.45, 2.75) is 18.9 Å². The molecule has 7 nitrogen and oxygen atoms in total. The minimum Gasteiger partial charge on any atom is -0.465 e. The van der Waals surface area contributed by atoms with Crippen molar-refractivity contribution in [1.82, 2.24) is 5.32 Å². The van der Waals surface area contributed by atoms with Gasteiger partial charge in [0.2, 0.25) is 5.96 Å². The number of halogens is 2. The molecule has 1 aliphatic rings. The van der Waals surface area contributed by atoms with E-state index in [1.807, 2.05) is 0 Å². The molecule has 1 amide bonds. The normalized spacial score (nSPS) is 16.2. The van der Waals surface area contributed by atoms with Gasteiger partial charge in [0.05, 0.1) is 25.3 Å². The highest BCUT2D eigenvalue weighted by Gasteiger charge is 2.17. The number of amides is 1. The molecule has 3 rings (SSSR count). The van der Waals surface area contributed by atoms with Crippen LogP contribution in [0.1, 0.15) is 33.6 Å². The zero-order valence-electron chi connectivity index (χ0n) is 16.3. The van der Waals surface area contributed by atoms with Gasteiger partial charge in [-0.3, -0.25) is 10.1 Å². The van der Waals surface area contributed by atoms with Gasteiger partial charge in [-0.15, -0.1) is 0 Å². The number of esters is 1. The van der Waals surface area contributed by atoms with Crippen LogP contribution < -0.4 is 10.6 Å². The Morgan fingerprint density at radius 2 is 2.00 bits per heavy atom. The minimum atomic E-state index is -1.13. The summed E-state index contributed by atoms with van der Waals surface area (Å²) >= 11 is 0. The van der Waals surface area contributed by atoms with Gasteiger partial charge in [-0.25, -0.2) is 18.6 Å². The predicted molar refractivity (Wildman–Crippen MR) is 107 cm³/mol. The molecule has 0 aromatic heterocycles. The molecule has 0 spiro atoms. The zero-order chi connectivity index (χ0) is 21.5. The molecule has 9 heteroatoms. The summed E-state index contributed by atoms with van der Waals surface area (Å²) in [7, 11) is 1.28. The van der Waals surface area contributed by atoms with E-state index >= 15 is 0 Å². The van der Waals surface area contributed by atoms with Crippen molar-refractivity contribution in [2.24, 2.45) is 4.99 Å². The number of hydrogen-bond acceptors (Lipinski definition) is 5. The average molecular weight is 417 g/mol. The van der Waals surface area contributed by atoms with Crippen molar-refractivity contribution in [3.8, 4) is 0 Å². The molecule has 0 bridgehead atoms. The Morgan fingerprint density at radius 3 is 2.70 bits per heavy atom. The molecule has 0 radical (unpaired) electrons. The molecule has 1 atom stereocenters. The highest BCUT2D eigenvalue weighted by molar-refractivity contribution is 6.10. The summed E-state index contributed by atoms with van der Waals surface area (Å²) in [6.07, 6.45) is 1.72. The maximum absolute atomic E-state index is 13.5. The van der Waals surface area contributed by atoms with Gasteiger partial charge in [-0.1, -0.05) is 6.07 Å². The first-order valence-corrected chi connectivity index (χ1v) is 9.34. The molecule has 2 N–H and O–H groups in total. The number of benzene rings is 2. The van der Waals surface area contributed by atoms with Gasteiger partial charge in [-0.05, 0) is 49.2 Å². The molecule has 1 aliphatic heterocycles. The number of anilines is 1. The van der Waals surface area contributed by atoms with Gasteiger partial charge in [0.1, 0.15) is 0 Å². The Morgan fingerprint density at radius 1 is 1.17 bits per heavy atom. The summed E-state index contributed by atoms with van der Waals surface area (Å²) in [6.45, 7) is 0.961. The van der Waals surface area contributed by atoms with E-state index in [9.17, 15) is 18.4 Å². The van der Waals surface area contributed by atoms with Crippen LogP contribution in [0.15, 0.2) is 47.5 Å². The number of guanidine groups is 1. The molecule has 30 heavy (non-hydrogen) atoms. The molecule has 1 fully saturated rings. The SMILES string of the molecule is COC(=O)c1cccc(NC(=NC[C@H]2CCCO2)NC(=O)c2ccc(F)c(F)c2)c1. The number of hydrogen-bond donors (Lipinski definition) is 2. The van der Waals surface area contributed by atoms with E-state index in [-0.39, 0.29) is 17.6 Å². The molecular formula is C21H21F2N3O4. The molecule has 0 saturated carbocycles. The molecule has 2 aromatic rings. The van der Waals surface area contributed by atoms with Crippen LogP contribution >= 0.6 is 0 Å². The van der Waals surface area contributed by atoms with E-state index in [1.54, 1.807) is 18.2 Å². The molecule has 1 heterocycles. The molecular weight excluding hydrogens is 396 g/mol. The van der Waals surface area contributed by atoms with Crippen LogP contribution in [0.4, 0.5) is 14.5 Å². The van der Waals surface area contributed by atoms with Gasteiger partial charge < -0.3 is 14.8 Å². The Labute approximate surface area is 172 Å². The van der Waals surface area contributed by atoms with Crippen molar-refractivity contribution < 1.29 is 27.8 Å². The number of carbonyl (C=O) groups is 2. The Hall–Kier alpha value is -3.33. The van der Waals surface area contributed by atoms with Crippen LogP contribution in [0.5, 0.6) is 0 Å². The van der Waals surface area contributed by atoms with Crippen molar-refractivity contribution in [1.29, 1.82) is 0 Å². The third-order valence-corrected chi connectivity index (χ3v) is 4.44. The van der Waals surface area contributed by atoms with Crippen LogP contribution in [0, 0.1) is 11.6 Å². The van der Waals surface area contributed by atoms with Crippen LogP contribution in [-0.4, -0.2) is 44.2 Å². The van der Waals surface area contributed by atoms with Crippen molar-refractivity contribution in [3.63, 3.8) is 0 Å². The number of ether oxygens (including phenoxy) is 2. The molecule has 2 aromatic carbocycles. The van der Waals surface area contributed by atoms with Crippen LogP contribution in [0.2, 0.25) is 0 Å². The first-order chi connectivity index (χ1) is 14.5. The first kappa shape index (κ1) is 21.4. The number of aliphatic imine (C=N–C) groups is 1. The Kier molecular flexibility index (Phi) is 7.08. The maximum atomic E-state index is 13.5. The number of nitrogens with zero attached hydrogens (tertiary/aromatic N) is 1. The molecule has 158 valence electrons. The van der Waals surface area contributed by atoms with Gasteiger partial charge >= 0.3 is 5.97 Å². The van der Waals surface area contributed by atoms with E-state index in [1.165, 1.54) is 19.2 Å². The Balaban J connectivity index is 1.79. The average Bonchev–Trinajstić information content (AvgIpc) is 3.27. The van der Waals surface area contributed by atoms with Gasteiger partial charge in [-0.2, -0.15) is 0 Å². The summed E-state index contributed by atoms with van der Waals surface area (Å²) < 4.78 is 36.9. The van der Waals surface area contributed by atoms with Crippen LogP contribution in [0.3, 0.4) is 0 Å². The highest BCUT2D eigenvalue weighted by atomic mass is 19.2. The van der Waals surface area contributed by atoms with Crippen molar-refractivity contribution >= 4 is 23.5 Å². The lowest BCUT2D eigenvalue weighted by Gasteiger charge is -2.14. The third kappa shape index (κ3) is 5.60. The monoisotopic (exact) mass is 417 g/mol. The molecule has 0 aliphatic carbocycles. The van der Waals surface area contributed by atoms with Crippen molar-refractivity contribution in [3.05, 3.63) is 65.2 Å². The lowest BCUT2D eigenvalue weighted by Crippen LogP contribution is -2.37. The van der Waals surface area contributed by atoms with E-state index in [0.717, 1.165) is 25.0 Å². The third-order valence-electron chi connectivity index (χ3n) is 4.44. The van der Waals surface area contributed by atoms with Gasteiger partial charge in [0.25, 0.3) is 5.91 Å². The summed E-state index contributed by atoms with van der Waals surface area (Å²) in [5, 5.41) is 5.49. The highest BCUT2D eigenvalue weighted by Crippen LogP contribution is 2.14. The van der Waals surface area contributed by atoms with Gasteiger partial charge in [0, 0.05) is 17.9 Å². The summed E-state index contributed by atoms with van der Waals surface area (Å²) in [4.78, 5) is 28.6. The smallest absolute Gasteiger partial charge is 0.337 e. The van der Waals surface area contributed by atoms with E-state index in [0.29, 0.717) is 24.4 Å². The second-order valence-corrected chi connectivity index (χ2v) is 6.60. The van der Waals surface area contributed by atoms with E-state index in [2.05, 4.69) is 15.6 Å². The second kappa shape index (κ2) is 9.93. The zero-order valence-corrected chi connectivity index (χ0v) is 16.3. The lowest BCUT2D eigenvalue weighted by atomic mass is 10.2. The number of nitrogens with one attached hydrogen (secondary N) is 2. The molecule has 1 saturated heterocycles. The maximum Gasteiger partial charge on any atom is 0.337 e. The summed E-state index contributed by atoms with van der Waals surface area (Å²) in [5.41, 5.74) is 0.728. The predicted octanol–water partition coefficient (Wildman–Crippen LogP) is 3.13. The van der Waals surface area contributed by atoms with E-state index < -0.39 is 23.5 Å². The number of carbonyl (C=O) groups excluding carboxylic acids is 2. The van der Waals surface area contributed by atoms with Crippen LogP contribution in [0.25, 0.3) is 0 Å². The topological polar surface area (TPSA) is 89.0 Å². The minimum absolute atomic E-state index is 0.0659. The summed E-state index contributed by atoms with van der Waals surface area (Å²) in [5.74, 6) is -3.27. The first-order valence-electron chi connectivity index (χ1n) is 9.34. The second-order valence-electron chi connectivity index (χ2n) is 6.60. The van der Waals surface area contributed by atoms with Crippen LogP contribution in [-0.2, 0) is 9.47 Å². The van der Waals surface area contributed by atoms with Gasteiger partial charge in [0.15, 0.2) is 11.6 Å². The quantitative estimate of drug-likeness (QED) is 0.443. The van der Waals surface area contributed by atoms with Crippen molar-refractivity contribution in [2.75, 3.05) is 25.6 Å². The number of rotatable bonds is 5. The Bertz CT molecular complexity index is 959. The summed E-state index contributed by atoms with van der Waals surface area (Å²) in [6, 6.07) is 9.29. The fourth-order valence-electron chi connectivity index (χ4n) is 2.89. The largest absolute Gasteiger partial charge is 0.465 e. The fourth-order valence-corrected chi connectivity index (χ4v) is 2.89. The lowest BCUT2D eigenvalue weighted by molar-refractivity contribution is 0.0600. The number of methoxy groups -OCH3 is 1. The molecule has 0 unspecified atom stereocenters. The fraction of sp³-hybridized carbons (Fsp3) is 0.286. The van der Waals surface area contributed by atoms with E-state index in [4.69, 9.17) is 9.47 Å². The standard InChI is InChI=1S/C21H21F2N3O4/c1-29-20(28)14-4-2-5-15(10-14)25-21(24-12-16-6-3-9-30-16)26-19(27)13-7-8-17(22)18(23)11-13/h2,4-5,7-8,10-11,16H,3,6,9,12H2,1H3,(H2,24,25,26,27)/t16-/m1/s1.